The molecule has 0 aromatic heterocycles. The van der Waals surface area contributed by atoms with E-state index >= 15 is 0 Å². The molecular weight excluding hydrogens is 162 g/mol. The Kier molecular flexibility index (Phi) is 2.62. The monoisotopic (exact) mass is 171 g/mol. The van der Waals surface area contributed by atoms with Crippen molar-refractivity contribution in [3.63, 3.8) is 0 Å². The molecule has 4 heteroatoms. The second-order valence-corrected chi connectivity index (χ2v) is 2.87. The third-order valence-electron chi connectivity index (χ3n) is 1.34. The van der Waals surface area contributed by atoms with E-state index in [1.807, 2.05) is 25.1 Å². The summed E-state index contributed by atoms with van der Waals surface area (Å²) in [7, 11) is 0. The highest BCUT2D eigenvalue weighted by atomic mass is 32.2. The van der Waals surface area contributed by atoms with E-state index in [0.717, 1.165) is 5.56 Å². The standard InChI is InChI=1S/C7H9NO2S/c1-6-4-2-3-5-7(6)8-11(9)10/h2-5,8H,1H3,(H,9,10). The molecule has 0 fully saturated rings. The minimum absolute atomic E-state index is 0.688. The maximum Gasteiger partial charge on any atom is 0.259 e. The van der Waals surface area contributed by atoms with E-state index in [2.05, 4.69) is 4.72 Å². The number of rotatable bonds is 2. The van der Waals surface area contributed by atoms with E-state index in [1.165, 1.54) is 0 Å². The SMILES string of the molecule is Cc1ccccc1NS(=O)O. The molecule has 1 rings (SSSR count). The number of anilines is 1. The Morgan fingerprint density at radius 1 is 1.45 bits per heavy atom. The first kappa shape index (κ1) is 8.23. The molecule has 0 saturated heterocycles. The fraction of sp³-hybridized carbons (Fsp3) is 0.143. The molecule has 0 radical (unpaired) electrons. The molecule has 2 N–H and O–H groups in total. The fourth-order valence-corrected chi connectivity index (χ4v) is 1.20. The van der Waals surface area contributed by atoms with Crippen LogP contribution in [0, 0.1) is 6.92 Å². The lowest BCUT2D eigenvalue weighted by Crippen LogP contribution is -2.02. The van der Waals surface area contributed by atoms with Gasteiger partial charge in [-0.05, 0) is 18.6 Å². The molecule has 0 bridgehead atoms. The third-order valence-corrected chi connectivity index (χ3v) is 1.74. The number of aryl methyl sites for hydroxylation is 1. The van der Waals surface area contributed by atoms with Gasteiger partial charge in [0.25, 0.3) is 11.3 Å². The summed E-state index contributed by atoms with van der Waals surface area (Å²) < 4.78 is 21.2. The first-order valence-electron chi connectivity index (χ1n) is 3.13. The average Bonchev–Trinajstić information content (AvgIpc) is 1.93. The highest BCUT2D eigenvalue weighted by Crippen LogP contribution is 2.12. The van der Waals surface area contributed by atoms with Gasteiger partial charge in [-0.15, -0.1) is 0 Å². The highest BCUT2D eigenvalue weighted by molar-refractivity contribution is 7.80. The fourth-order valence-electron chi connectivity index (χ4n) is 0.781. The van der Waals surface area contributed by atoms with E-state index in [0.29, 0.717) is 5.69 Å². The zero-order valence-electron chi connectivity index (χ0n) is 6.07. The number of para-hydroxylation sites is 1. The summed E-state index contributed by atoms with van der Waals surface area (Å²) >= 11 is -1.98. The zero-order valence-corrected chi connectivity index (χ0v) is 6.89. The summed E-state index contributed by atoms with van der Waals surface area (Å²) in [6.45, 7) is 1.87. The van der Waals surface area contributed by atoms with Crippen LogP contribution in [0.25, 0.3) is 0 Å². The van der Waals surface area contributed by atoms with Gasteiger partial charge in [-0.2, -0.15) is 0 Å². The molecule has 60 valence electrons. The first-order valence-corrected chi connectivity index (χ1v) is 4.24. The Morgan fingerprint density at radius 3 is 2.64 bits per heavy atom. The van der Waals surface area contributed by atoms with Crippen LogP contribution in [0.3, 0.4) is 0 Å². The Bertz CT molecular complexity index is 275. The lowest BCUT2D eigenvalue weighted by atomic mass is 10.2. The molecule has 0 aliphatic heterocycles. The molecule has 0 spiro atoms. The van der Waals surface area contributed by atoms with Crippen LogP contribution in [0.4, 0.5) is 5.69 Å². The highest BCUT2D eigenvalue weighted by Gasteiger charge is 1.96. The zero-order chi connectivity index (χ0) is 8.27. The Hall–Kier alpha value is -0.870. The average molecular weight is 171 g/mol. The molecule has 1 unspecified atom stereocenters. The Morgan fingerprint density at radius 2 is 2.09 bits per heavy atom. The van der Waals surface area contributed by atoms with Gasteiger partial charge in [-0.1, -0.05) is 18.2 Å². The number of benzene rings is 1. The minimum atomic E-state index is -1.98. The van der Waals surface area contributed by atoms with Crippen molar-refractivity contribution in [3.05, 3.63) is 29.8 Å². The van der Waals surface area contributed by atoms with Crippen molar-refractivity contribution in [1.82, 2.24) is 0 Å². The summed E-state index contributed by atoms with van der Waals surface area (Å²) in [6, 6.07) is 7.31. The quantitative estimate of drug-likeness (QED) is 0.663. The van der Waals surface area contributed by atoms with Crippen LogP contribution in [0.1, 0.15) is 5.56 Å². The van der Waals surface area contributed by atoms with Gasteiger partial charge in [-0.3, -0.25) is 9.27 Å². The number of hydrogen-bond donors (Lipinski definition) is 2. The van der Waals surface area contributed by atoms with Gasteiger partial charge >= 0.3 is 0 Å². The first-order chi connectivity index (χ1) is 5.20. The van der Waals surface area contributed by atoms with Crippen molar-refractivity contribution in [2.45, 2.75) is 6.92 Å². The largest absolute Gasteiger partial charge is 0.289 e. The molecule has 1 aromatic rings. The molecule has 1 aromatic carbocycles. The maximum absolute atomic E-state index is 10.3. The summed E-state index contributed by atoms with van der Waals surface area (Å²) in [5.41, 5.74) is 1.64. The van der Waals surface area contributed by atoms with E-state index in [1.54, 1.807) is 6.07 Å². The molecule has 0 aliphatic carbocycles. The topological polar surface area (TPSA) is 49.3 Å². The summed E-state index contributed by atoms with van der Waals surface area (Å²) in [6.07, 6.45) is 0. The van der Waals surface area contributed by atoms with E-state index < -0.39 is 11.3 Å². The Labute approximate surface area is 67.9 Å². The smallest absolute Gasteiger partial charge is 0.259 e. The Balaban J connectivity index is 2.86. The van der Waals surface area contributed by atoms with Gasteiger partial charge in [0.05, 0.1) is 5.69 Å². The van der Waals surface area contributed by atoms with Crippen molar-refractivity contribution in [1.29, 1.82) is 0 Å². The number of nitrogens with one attached hydrogen (secondary N) is 1. The van der Waals surface area contributed by atoms with Gasteiger partial charge in [0.15, 0.2) is 0 Å². The maximum atomic E-state index is 10.3. The van der Waals surface area contributed by atoms with Crippen LogP contribution in [0.2, 0.25) is 0 Å². The van der Waals surface area contributed by atoms with Gasteiger partial charge < -0.3 is 0 Å². The molecule has 0 amide bonds. The second kappa shape index (κ2) is 3.50. The third kappa shape index (κ3) is 2.32. The minimum Gasteiger partial charge on any atom is -0.289 e. The molecule has 0 heterocycles. The van der Waals surface area contributed by atoms with E-state index in [4.69, 9.17) is 4.55 Å². The molecular formula is C7H9NO2S. The van der Waals surface area contributed by atoms with Crippen molar-refractivity contribution in [2.75, 3.05) is 4.72 Å². The lowest BCUT2D eigenvalue weighted by Gasteiger charge is -2.03. The number of hydrogen-bond acceptors (Lipinski definition) is 1. The van der Waals surface area contributed by atoms with Gasteiger partial charge in [-0.25, -0.2) is 4.21 Å². The van der Waals surface area contributed by atoms with Gasteiger partial charge in [0.2, 0.25) is 0 Å². The second-order valence-electron chi connectivity index (χ2n) is 2.17. The molecule has 0 saturated carbocycles. The summed E-state index contributed by atoms with van der Waals surface area (Å²) in [5, 5.41) is 0. The van der Waals surface area contributed by atoms with Crippen molar-refractivity contribution < 1.29 is 8.76 Å². The normalized spacial score (nSPS) is 12.5. The molecule has 11 heavy (non-hydrogen) atoms. The van der Waals surface area contributed by atoms with Crippen LogP contribution in [0.15, 0.2) is 24.3 Å². The van der Waals surface area contributed by atoms with E-state index in [9.17, 15) is 4.21 Å². The van der Waals surface area contributed by atoms with Crippen molar-refractivity contribution >= 4 is 17.0 Å². The molecule has 0 aliphatic rings. The lowest BCUT2D eigenvalue weighted by molar-refractivity contribution is 0.570. The predicted molar refractivity (Wildman–Crippen MR) is 45.6 cm³/mol. The van der Waals surface area contributed by atoms with Crippen LogP contribution in [0.5, 0.6) is 0 Å². The summed E-state index contributed by atoms with van der Waals surface area (Å²) in [5.74, 6) is 0. The molecule has 3 nitrogen and oxygen atoms in total. The van der Waals surface area contributed by atoms with Gasteiger partial charge in [0, 0.05) is 0 Å². The predicted octanol–water partition coefficient (Wildman–Crippen LogP) is 1.54. The molecule has 1 atom stereocenters. The van der Waals surface area contributed by atoms with Gasteiger partial charge in [0.1, 0.15) is 0 Å². The van der Waals surface area contributed by atoms with Crippen molar-refractivity contribution in [3.8, 4) is 0 Å². The van der Waals surface area contributed by atoms with Crippen LogP contribution in [-0.2, 0) is 11.3 Å². The van der Waals surface area contributed by atoms with Crippen molar-refractivity contribution in [2.24, 2.45) is 0 Å². The summed E-state index contributed by atoms with van der Waals surface area (Å²) in [4.78, 5) is 0. The van der Waals surface area contributed by atoms with Crippen LogP contribution in [-0.4, -0.2) is 8.76 Å². The van der Waals surface area contributed by atoms with Crippen LogP contribution < -0.4 is 4.72 Å². The van der Waals surface area contributed by atoms with E-state index in [-0.39, 0.29) is 0 Å². The van der Waals surface area contributed by atoms with Crippen LogP contribution >= 0.6 is 0 Å².